The van der Waals surface area contributed by atoms with E-state index in [0.717, 1.165) is 23.9 Å². The summed E-state index contributed by atoms with van der Waals surface area (Å²) >= 11 is 1.09. The minimum Gasteiger partial charge on any atom is -0.323 e. The van der Waals surface area contributed by atoms with Crippen molar-refractivity contribution < 1.29 is 18.0 Å². The molecule has 9 heteroatoms. The minimum atomic E-state index is -0.851. The summed E-state index contributed by atoms with van der Waals surface area (Å²) in [4.78, 5) is 12.0. The molecule has 3 aromatic rings. The van der Waals surface area contributed by atoms with Crippen LogP contribution in [0.2, 0.25) is 0 Å². The number of thioether (sulfide) groups is 1. The van der Waals surface area contributed by atoms with Gasteiger partial charge in [-0.1, -0.05) is 23.9 Å². The van der Waals surface area contributed by atoms with Crippen LogP contribution < -0.4 is 5.32 Å². The van der Waals surface area contributed by atoms with Crippen LogP contribution in [-0.2, 0) is 11.8 Å². The Morgan fingerprint density at radius 1 is 1.12 bits per heavy atom. The lowest BCUT2D eigenvalue weighted by molar-refractivity contribution is -0.113. The molecule has 26 heavy (non-hydrogen) atoms. The summed E-state index contributed by atoms with van der Waals surface area (Å²) in [6.45, 7) is 0. The van der Waals surface area contributed by atoms with Crippen molar-refractivity contribution in [2.45, 2.75) is 5.16 Å². The fourth-order valence-corrected chi connectivity index (χ4v) is 2.94. The van der Waals surface area contributed by atoms with Gasteiger partial charge in [-0.3, -0.25) is 4.79 Å². The van der Waals surface area contributed by atoms with Gasteiger partial charge in [0, 0.05) is 18.7 Å². The number of carbonyl (C=O) groups excluding carboxylic acids is 1. The number of nitrogens with zero attached hydrogens (tertiary/aromatic N) is 3. The molecular formula is C17H13F3N4OS. The first-order valence-electron chi connectivity index (χ1n) is 7.47. The second-order valence-electron chi connectivity index (χ2n) is 5.34. The van der Waals surface area contributed by atoms with E-state index >= 15 is 0 Å². The first kappa shape index (κ1) is 18.0. The average Bonchev–Trinajstić information content (AvgIpc) is 2.96. The number of rotatable bonds is 5. The van der Waals surface area contributed by atoms with Crippen molar-refractivity contribution in [1.29, 1.82) is 0 Å². The third-order valence-electron chi connectivity index (χ3n) is 3.46. The normalized spacial score (nSPS) is 10.8. The summed E-state index contributed by atoms with van der Waals surface area (Å²) in [7, 11) is 1.69. The van der Waals surface area contributed by atoms with Crippen molar-refractivity contribution in [3.8, 4) is 11.4 Å². The molecule has 1 amide bonds. The van der Waals surface area contributed by atoms with Gasteiger partial charge in [-0.05, 0) is 24.3 Å². The maximum atomic E-state index is 13.5. The molecule has 3 rings (SSSR count). The Bertz CT molecular complexity index is 961. The molecule has 0 saturated heterocycles. The zero-order chi connectivity index (χ0) is 18.7. The summed E-state index contributed by atoms with van der Waals surface area (Å²) < 4.78 is 41.4. The molecule has 0 aliphatic rings. The van der Waals surface area contributed by atoms with E-state index in [9.17, 15) is 18.0 Å². The van der Waals surface area contributed by atoms with E-state index in [2.05, 4.69) is 15.5 Å². The second-order valence-corrected chi connectivity index (χ2v) is 6.28. The summed E-state index contributed by atoms with van der Waals surface area (Å²) in [6.07, 6.45) is 0. The fraction of sp³-hybridized carbons (Fsp3) is 0.118. The number of halogens is 3. The van der Waals surface area contributed by atoms with Crippen LogP contribution in [0.15, 0.2) is 47.6 Å². The van der Waals surface area contributed by atoms with Gasteiger partial charge in [0.1, 0.15) is 17.5 Å². The maximum Gasteiger partial charge on any atom is 0.234 e. The highest BCUT2D eigenvalue weighted by Gasteiger charge is 2.14. The van der Waals surface area contributed by atoms with Gasteiger partial charge in [-0.15, -0.1) is 10.2 Å². The highest BCUT2D eigenvalue weighted by Crippen LogP contribution is 2.23. The molecule has 0 atom stereocenters. The van der Waals surface area contributed by atoms with E-state index in [1.54, 1.807) is 23.7 Å². The third-order valence-corrected chi connectivity index (χ3v) is 4.48. The molecular weight excluding hydrogens is 365 g/mol. The number of hydrogen-bond donors (Lipinski definition) is 1. The number of nitrogens with one attached hydrogen (secondary N) is 1. The quantitative estimate of drug-likeness (QED) is 0.689. The predicted octanol–water partition coefficient (Wildman–Crippen LogP) is 3.63. The van der Waals surface area contributed by atoms with E-state index in [0.29, 0.717) is 22.6 Å². The van der Waals surface area contributed by atoms with Gasteiger partial charge in [0.2, 0.25) is 5.91 Å². The van der Waals surface area contributed by atoms with E-state index in [1.807, 2.05) is 0 Å². The molecule has 1 heterocycles. The lowest BCUT2D eigenvalue weighted by Crippen LogP contribution is -2.15. The fourth-order valence-electron chi connectivity index (χ4n) is 2.23. The highest BCUT2D eigenvalue weighted by molar-refractivity contribution is 7.99. The van der Waals surface area contributed by atoms with Crippen molar-refractivity contribution in [3.05, 3.63) is 59.9 Å². The van der Waals surface area contributed by atoms with E-state index < -0.39 is 17.5 Å². The van der Waals surface area contributed by atoms with Crippen molar-refractivity contribution in [3.63, 3.8) is 0 Å². The van der Waals surface area contributed by atoms with Gasteiger partial charge >= 0.3 is 0 Å². The van der Waals surface area contributed by atoms with Gasteiger partial charge in [0.15, 0.2) is 11.0 Å². The van der Waals surface area contributed by atoms with E-state index in [-0.39, 0.29) is 17.3 Å². The monoisotopic (exact) mass is 378 g/mol. The number of hydrogen-bond acceptors (Lipinski definition) is 4. The highest BCUT2D eigenvalue weighted by atomic mass is 32.2. The molecule has 0 radical (unpaired) electrons. The van der Waals surface area contributed by atoms with Crippen molar-refractivity contribution in [1.82, 2.24) is 14.8 Å². The summed E-state index contributed by atoms with van der Waals surface area (Å²) in [5.41, 5.74) is 0.458. The Labute approximate surface area is 151 Å². The Morgan fingerprint density at radius 2 is 1.88 bits per heavy atom. The SMILES string of the molecule is Cn1c(SCC(=O)Nc2ccc(F)cc2F)nnc1-c1cccc(F)c1. The Hall–Kier alpha value is -2.81. The number of anilines is 1. The zero-order valence-corrected chi connectivity index (χ0v) is 14.4. The van der Waals surface area contributed by atoms with Crippen LogP contribution >= 0.6 is 11.8 Å². The Balaban J connectivity index is 1.66. The molecule has 5 nitrogen and oxygen atoms in total. The average molecular weight is 378 g/mol. The first-order valence-corrected chi connectivity index (χ1v) is 8.45. The number of amides is 1. The van der Waals surface area contributed by atoms with Gasteiger partial charge < -0.3 is 9.88 Å². The maximum absolute atomic E-state index is 13.5. The van der Waals surface area contributed by atoms with E-state index in [4.69, 9.17) is 0 Å². The summed E-state index contributed by atoms with van der Waals surface area (Å²) in [6, 6.07) is 8.83. The van der Waals surface area contributed by atoms with Crippen LogP contribution in [-0.4, -0.2) is 26.4 Å². The van der Waals surface area contributed by atoms with Crippen LogP contribution in [0.25, 0.3) is 11.4 Å². The molecule has 1 N–H and O–H groups in total. The van der Waals surface area contributed by atoms with Crippen molar-refractivity contribution in [2.24, 2.45) is 7.05 Å². The first-order chi connectivity index (χ1) is 12.4. The molecule has 1 aromatic heterocycles. The molecule has 0 aliphatic heterocycles. The molecule has 0 bridgehead atoms. The Morgan fingerprint density at radius 3 is 2.62 bits per heavy atom. The third kappa shape index (κ3) is 4.05. The van der Waals surface area contributed by atoms with Gasteiger partial charge in [0.05, 0.1) is 11.4 Å². The van der Waals surface area contributed by atoms with Crippen LogP contribution in [0.1, 0.15) is 0 Å². The van der Waals surface area contributed by atoms with Crippen LogP contribution in [0.5, 0.6) is 0 Å². The van der Waals surface area contributed by atoms with Crippen LogP contribution in [0.3, 0.4) is 0 Å². The van der Waals surface area contributed by atoms with Gasteiger partial charge in [-0.25, -0.2) is 13.2 Å². The molecule has 0 saturated carbocycles. The van der Waals surface area contributed by atoms with E-state index in [1.165, 1.54) is 12.1 Å². The van der Waals surface area contributed by atoms with Crippen LogP contribution in [0.4, 0.5) is 18.9 Å². The van der Waals surface area contributed by atoms with Crippen molar-refractivity contribution >= 4 is 23.4 Å². The lowest BCUT2D eigenvalue weighted by Gasteiger charge is -2.06. The molecule has 134 valence electrons. The second kappa shape index (κ2) is 7.61. The molecule has 0 spiro atoms. The predicted molar refractivity (Wildman–Crippen MR) is 92.1 cm³/mol. The topological polar surface area (TPSA) is 59.8 Å². The summed E-state index contributed by atoms with van der Waals surface area (Å²) in [5.74, 6) is -2.03. The molecule has 0 fully saturated rings. The molecule has 2 aromatic carbocycles. The number of carbonyl (C=O) groups is 1. The van der Waals surface area contributed by atoms with Crippen LogP contribution in [0, 0.1) is 17.5 Å². The standard InChI is InChI=1S/C17H13F3N4OS/c1-24-16(10-3-2-4-11(18)7-10)22-23-17(24)26-9-15(25)21-14-6-5-12(19)8-13(14)20/h2-8H,9H2,1H3,(H,21,25). The van der Waals surface area contributed by atoms with Crippen molar-refractivity contribution in [2.75, 3.05) is 11.1 Å². The lowest BCUT2D eigenvalue weighted by atomic mass is 10.2. The number of aromatic nitrogens is 3. The molecule has 0 unspecified atom stereocenters. The Kier molecular flexibility index (Phi) is 5.27. The smallest absolute Gasteiger partial charge is 0.234 e. The zero-order valence-electron chi connectivity index (χ0n) is 13.5. The molecule has 0 aliphatic carbocycles. The van der Waals surface area contributed by atoms with Gasteiger partial charge in [-0.2, -0.15) is 0 Å². The summed E-state index contributed by atoms with van der Waals surface area (Å²) in [5, 5.41) is 10.8. The van der Waals surface area contributed by atoms with Gasteiger partial charge in [0.25, 0.3) is 0 Å². The minimum absolute atomic E-state index is 0.0497. The number of benzene rings is 2. The largest absolute Gasteiger partial charge is 0.323 e.